The lowest BCUT2D eigenvalue weighted by molar-refractivity contribution is -0.127. The number of thioether (sulfide) groups is 1. The number of hydrazine groups is 1. The molecule has 2 aliphatic heterocycles. The van der Waals surface area contributed by atoms with Crippen molar-refractivity contribution in [2.75, 3.05) is 0 Å². The molecule has 1 atom stereocenters. The molecule has 1 unspecified atom stereocenters. The molecule has 0 saturated carbocycles. The smallest absolute Gasteiger partial charge is 0.263 e. The molecule has 0 bridgehead atoms. The second kappa shape index (κ2) is 9.87. The number of nitrogens with two attached hydrogens (primary N) is 2. The van der Waals surface area contributed by atoms with E-state index in [9.17, 15) is 9.59 Å². The summed E-state index contributed by atoms with van der Waals surface area (Å²) in [5.74, 6) is -0.336. The number of aliphatic imine (C=N–C) groups is 1. The Morgan fingerprint density at radius 1 is 1.29 bits per heavy atom. The molecule has 1 saturated heterocycles. The summed E-state index contributed by atoms with van der Waals surface area (Å²) in [6.07, 6.45) is 0.329. The van der Waals surface area contributed by atoms with Gasteiger partial charge in [-0.2, -0.15) is 15.1 Å². The Bertz CT molecular complexity index is 1280. The first-order valence-electron chi connectivity index (χ1n) is 9.56. The number of aryl methyl sites for hydroxylation is 1. The number of rotatable bonds is 4. The number of nitrogens with one attached hydrogen (secondary N) is 1. The first-order valence-corrected chi connectivity index (χ1v) is 12.5. The van der Waals surface area contributed by atoms with Gasteiger partial charge in [-0.3, -0.25) is 15.0 Å². The molecule has 16 heteroatoms. The Balaban J connectivity index is 1.53. The number of aromatic nitrogens is 2. The lowest BCUT2D eigenvalue weighted by Crippen LogP contribution is -2.46. The minimum atomic E-state index is -0.588. The molecule has 11 nitrogen and oxygen atoms in total. The van der Waals surface area contributed by atoms with Gasteiger partial charge in [-0.05, 0) is 54.6 Å². The van der Waals surface area contributed by atoms with Gasteiger partial charge in [0.05, 0.1) is 17.4 Å². The van der Waals surface area contributed by atoms with Crippen molar-refractivity contribution >= 4 is 97.9 Å². The van der Waals surface area contributed by atoms with Crippen LogP contribution >= 0.6 is 59.1 Å². The molecular formula is C18H16ClN9O2S4. The Morgan fingerprint density at radius 3 is 2.71 bits per heavy atom. The van der Waals surface area contributed by atoms with Crippen molar-refractivity contribution in [3.05, 3.63) is 34.3 Å². The van der Waals surface area contributed by atoms with Gasteiger partial charge in [0.2, 0.25) is 5.13 Å². The van der Waals surface area contributed by atoms with E-state index >= 15 is 0 Å². The maximum atomic E-state index is 13.0. The third kappa shape index (κ3) is 5.17. The van der Waals surface area contributed by atoms with Crippen molar-refractivity contribution < 1.29 is 9.59 Å². The third-order valence-corrected chi connectivity index (χ3v) is 7.55. The SMILES string of the molecule is Cc1cc(C2=NN(C(N)=S)C(=O)C(Sc3nnc(/N=C4\CC(=O)N(C(N)=S)N4)s3)C2)ccc1Cl. The molecule has 0 spiro atoms. The largest absolute Gasteiger partial charge is 0.374 e. The van der Waals surface area contributed by atoms with Crippen molar-refractivity contribution in [1.29, 1.82) is 0 Å². The quantitative estimate of drug-likeness (QED) is 0.477. The molecule has 0 radical (unpaired) electrons. The molecule has 3 heterocycles. The summed E-state index contributed by atoms with van der Waals surface area (Å²) in [6, 6.07) is 5.49. The van der Waals surface area contributed by atoms with E-state index in [0.29, 0.717) is 32.5 Å². The number of thiocarbonyl (C=S) groups is 2. The minimum Gasteiger partial charge on any atom is -0.374 e. The van der Waals surface area contributed by atoms with Crippen LogP contribution in [0.1, 0.15) is 24.0 Å². The van der Waals surface area contributed by atoms with E-state index in [1.54, 1.807) is 6.07 Å². The van der Waals surface area contributed by atoms with E-state index < -0.39 is 5.25 Å². The van der Waals surface area contributed by atoms with Crippen LogP contribution in [0.5, 0.6) is 0 Å². The highest BCUT2D eigenvalue weighted by Crippen LogP contribution is 2.35. The van der Waals surface area contributed by atoms with Crippen LogP contribution < -0.4 is 16.9 Å². The average Bonchev–Trinajstić information content (AvgIpc) is 3.37. The Morgan fingerprint density at radius 2 is 2.06 bits per heavy atom. The number of hydrogen-bond donors (Lipinski definition) is 3. The molecule has 176 valence electrons. The first-order chi connectivity index (χ1) is 16.1. The molecular weight excluding hydrogens is 538 g/mol. The van der Waals surface area contributed by atoms with E-state index in [4.69, 9.17) is 47.5 Å². The second-order valence-electron chi connectivity index (χ2n) is 7.07. The number of carbonyl (C=O) groups excluding carboxylic acids is 2. The zero-order chi connectivity index (χ0) is 24.6. The summed E-state index contributed by atoms with van der Waals surface area (Å²) in [6.45, 7) is 1.88. The summed E-state index contributed by atoms with van der Waals surface area (Å²) in [7, 11) is 0. The summed E-state index contributed by atoms with van der Waals surface area (Å²) >= 11 is 18.3. The first kappa shape index (κ1) is 24.4. The minimum absolute atomic E-state index is 0.00372. The van der Waals surface area contributed by atoms with E-state index in [0.717, 1.165) is 32.5 Å². The van der Waals surface area contributed by atoms with Gasteiger partial charge in [0.25, 0.3) is 11.8 Å². The number of nitrogens with zero attached hydrogens (tertiary/aromatic N) is 6. The molecule has 5 N–H and O–H groups in total. The topological polar surface area (TPSA) is 155 Å². The average molecular weight is 554 g/mol. The number of amides is 2. The highest BCUT2D eigenvalue weighted by atomic mass is 35.5. The van der Waals surface area contributed by atoms with E-state index in [-0.39, 0.29) is 28.5 Å². The van der Waals surface area contributed by atoms with Crippen molar-refractivity contribution in [3.8, 4) is 0 Å². The Hall–Kier alpha value is -2.72. The highest BCUT2D eigenvalue weighted by Gasteiger charge is 2.35. The van der Waals surface area contributed by atoms with Gasteiger partial charge in [0.1, 0.15) is 5.84 Å². The lowest BCUT2D eigenvalue weighted by Gasteiger charge is -2.27. The monoisotopic (exact) mass is 553 g/mol. The van der Waals surface area contributed by atoms with Crippen molar-refractivity contribution in [2.45, 2.75) is 29.4 Å². The number of hydrogen-bond acceptors (Lipinski definition) is 10. The fourth-order valence-electron chi connectivity index (χ4n) is 3.09. The van der Waals surface area contributed by atoms with Crippen molar-refractivity contribution in [1.82, 2.24) is 25.6 Å². The second-order valence-corrected chi connectivity index (χ2v) is 10.7. The van der Waals surface area contributed by atoms with Crippen molar-refractivity contribution in [2.24, 2.45) is 21.6 Å². The van der Waals surface area contributed by atoms with Crippen LogP contribution in [0.2, 0.25) is 5.02 Å². The van der Waals surface area contributed by atoms with Gasteiger partial charge in [0.15, 0.2) is 14.6 Å². The predicted octanol–water partition coefficient (Wildman–Crippen LogP) is 1.85. The van der Waals surface area contributed by atoms with Gasteiger partial charge in [-0.1, -0.05) is 40.8 Å². The van der Waals surface area contributed by atoms with E-state index in [2.05, 4.69) is 25.7 Å². The zero-order valence-electron chi connectivity index (χ0n) is 17.4. The van der Waals surface area contributed by atoms with Crippen LogP contribution in [0, 0.1) is 6.92 Å². The van der Waals surface area contributed by atoms with E-state index in [1.165, 1.54) is 11.8 Å². The van der Waals surface area contributed by atoms with Crippen molar-refractivity contribution in [3.63, 3.8) is 0 Å². The normalized spacial score (nSPS) is 19.4. The number of hydrazone groups is 1. The van der Waals surface area contributed by atoms with Crippen LogP contribution in [0.4, 0.5) is 5.13 Å². The van der Waals surface area contributed by atoms with Crippen LogP contribution in [-0.4, -0.2) is 59.1 Å². The number of amidine groups is 1. The molecule has 1 aromatic heterocycles. The number of halogens is 1. The molecule has 2 amide bonds. The maximum Gasteiger partial charge on any atom is 0.263 e. The summed E-state index contributed by atoms with van der Waals surface area (Å²) in [4.78, 5) is 29.1. The highest BCUT2D eigenvalue weighted by molar-refractivity contribution is 8.02. The van der Waals surface area contributed by atoms with Gasteiger partial charge in [0, 0.05) is 11.4 Å². The summed E-state index contributed by atoms with van der Waals surface area (Å²) in [5, 5.41) is 14.6. The van der Waals surface area contributed by atoms with Gasteiger partial charge in [-0.15, -0.1) is 10.2 Å². The van der Waals surface area contributed by atoms with Gasteiger partial charge >= 0.3 is 0 Å². The van der Waals surface area contributed by atoms with Crippen LogP contribution in [-0.2, 0) is 9.59 Å². The third-order valence-electron chi connectivity index (χ3n) is 4.68. The van der Waals surface area contributed by atoms with E-state index in [1.807, 2.05) is 19.1 Å². The lowest BCUT2D eigenvalue weighted by atomic mass is 10.0. The molecule has 2 aromatic rings. The molecule has 34 heavy (non-hydrogen) atoms. The maximum absolute atomic E-state index is 13.0. The van der Waals surface area contributed by atoms with Gasteiger partial charge < -0.3 is 11.5 Å². The number of carbonyl (C=O) groups is 2. The molecule has 4 rings (SSSR count). The molecule has 2 aliphatic rings. The zero-order valence-corrected chi connectivity index (χ0v) is 21.4. The van der Waals surface area contributed by atoms with Crippen LogP contribution in [0.25, 0.3) is 0 Å². The van der Waals surface area contributed by atoms with Crippen LogP contribution in [0.15, 0.2) is 32.6 Å². The molecule has 1 fully saturated rings. The standard InChI is InChI=1S/C18H16ClN9O2S4/c1-7-4-8(2-3-9(7)19)10-5-11(14(30)28(25-10)16(21)32)33-18-24-23-17(34-18)22-12-6-13(29)27(26-12)15(20)31/h2-4,11H,5-6H2,1H3,(H2,20,31)(H2,21,32)(H,22,23,26). The summed E-state index contributed by atoms with van der Waals surface area (Å²) in [5.41, 5.74) is 16.3. The van der Waals surface area contributed by atoms with Crippen LogP contribution in [0.3, 0.4) is 0 Å². The fourth-order valence-corrected chi connectivity index (χ4v) is 5.50. The fraction of sp³-hybridized carbons (Fsp3) is 0.222. The molecule has 1 aromatic carbocycles. The summed E-state index contributed by atoms with van der Waals surface area (Å²) < 4.78 is 0.504. The number of benzene rings is 1. The molecule has 0 aliphatic carbocycles. The Labute approximate surface area is 217 Å². The predicted molar refractivity (Wildman–Crippen MR) is 139 cm³/mol. The van der Waals surface area contributed by atoms with Gasteiger partial charge in [-0.25, -0.2) is 4.99 Å². The Kier molecular flexibility index (Phi) is 7.09.